The van der Waals surface area contributed by atoms with E-state index in [1.807, 2.05) is 40.9 Å². The number of alkyl halides is 3. The number of rotatable bonds is 4. The van der Waals surface area contributed by atoms with E-state index in [-0.39, 0.29) is 5.69 Å². The summed E-state index contributed by atoms with van der Waals surface area (Å²) < 4.78 is 56.2. The number of aromatic nitrogens is 2. The molecule has 2 aromatic heterocycles. The van der Waals surface area contributed by atoms with Crippen molar-refractivity contribution in [1.82, 2.24) is 9.38 Å². The van der Waals surface area contributed by atoms with Crippen LogP contribution in [0.3, 0.4) is 0 Å². The fraction of sp³-hybridized carbons (Fsp3) is 0.0370. The maximum Gasteiger partial charge on any atom is 0.417 e. The van der Waals surface area contributed by atoms with Gasteiger partial charge in [0.1, 0.15) is 11.6 Å². The van der Waals surface area contributed by atoms with Crippen LogP contribution in [0.5, 0.6) is 0 Å². The molecule has 0 saturated heterocycles. The maximum atomic E-state index is 13.7. The molecule has 35 heavy (non-hydrogen) atoms. The van der Waals surface area contributed by atoms with Gasteiger partial charge in [-0.3, -0.25) is 9.20 Å². The van der Waals surface area contributed by atoms with Gasteiger partial charge in [0.05, 0.1) is 22.8 Å². The first-order chi connectivity index (χ1) is 16.8. The van der Waals surface area contributed by atoms with Crippen LogP contribution in [-0.2, 0) is 6.18 Å². The number of fused-ring (bicyclic) bond motifs is 1. The third-order valence-electron chi connectivity index (χ3n) is 5.59. The van der Waals surface area contributed by atoms with Gasteiger partial charge in [0.25, 0.3) is 5.91 Å². The minimum absolute atomic E-state index is 0.181. The molecule has 0 spiro atoms. The lowest BCUT2D eigenvalue weighted by molar-refractivity contribution is -0.137. The van der Waals surface area contributed by atoms with Crippen LogP contribution in [0.2, 0.25) is 0 Å². The van der Waals surface area contributed by atoms with Crippen LogP contribution < -0.4 is 5.32 Å². The average molecular weight is 475 g/mol. The van der Waals surface area contributed by atoms with Crippen LogP contribution in [-0.4, -0.2) is 15.3 Å². The zero-order chi connectivity index (χ0) is 24.6. The van der Waals surface area contributed by atoms with Crippen molar-refractivity contribution in [2.75, 3.05) is 5.32 Å². The summed E-state index contributed by atoms with van der Waals surface area (Å²) >= 11 is 0. The molecule has 1 N–H and O–H groups in total. The van der Waals surface area contributed by atoms with Crippen molar-refractivity contribution < 1.29 is 22.4 Å². The molecule has 0 atom stereocenters. The van der Waals surface area contributed by atoms with E-state index >= 15 is 0 Å². The molecule has 1 amide bonds. The summed E-state index contributed by atoms with van der Waals surface area (Å²) in [6, 6.07) is 21.3. The molecule has 0 radical (unpaired) electrons. The van der Waals surface area contributed by atoms with E-state index in [4.69, 9.17) is 0 Å². The Balaban J connectivity index is 1.60. The van der Waals surface area contributed by atoms with Crippen LogP contribution in [0, 0.1) is 5.82 Å². The molecule has 0 saturated carbocycles. The van der Waals surface area contributed by atoms with Crippen molar-refractivity contribution in [1.29, 1.82) is 0 Å². The maximum absolute atomic E-state index is 13.7. The highest BCUT2D eigenvalue weighted by Gasteiger charge is 2.35. The van der Waals surface area contributed by atoms with E-state index in [0.717, 1.165) is 23.8 Å². The molecule has 2 heterocycles. The zero-order valence-electron chi connectivity index (χ0n) is 18.1. The number of hydrogen-bond acceptors (Lipinski definition) is 2. The lowest BCUT2D eigenvalue weighted by Crippen LogP contribution is -2.19. The Hall–Kier alpha value is -4.46. The van der Waals surface area contributed by atoms with E-state index in [2.05, 4.69) is 10.3 Å². The predicted molar refractivity (Wildman–Crippen MR) is 125 cm³/mol. The van der Waals surface area contributed by atoms with Gasteiger partial charge in [-0.15, -0.1) is 0 Å². The molecule has 0 bridgehead atoms. The molecule has 5 aromatic rings. The predicted octanol–water partition coefficient (Wildman–Crippen LogP) is 7.08. The molecule has 5 rings (SSSR count). The second kappa shape index (κ2) is 8.72. The number of anilines is 1. The Morgan fingerprint density at radius 1 is 0.857 bits per heavy atom. The highest BCUT2D eigenvalue weighted by Crippen LogP contribution is 2.36. The van der Waals surface area contributed by atoms with E-state index in [1.54, 1.807) is 18.3 Å². The van der Waals surface area contributed by atoms with Crippen LogP contribution in [0.25, 0.3) is 28.0 Å². The number of pyridine rings is 1. The third-order valence-corrected chi connectivity index (χ3v) is 5.59. The van der Waals surface area contributed by atoms with Gasteiger partial charge in [0.15, 0.2) is 0 Å². The Bertz CT molecular complexity index is 1520. The van der Waals surface area contributed by atoms with Crippen LogP contribution in [0.15, 0.2) is 97.3 Å². The summed E-state index contributed by atoms with van der Waals surface area (Å²) in [4.78, 5) is 17.4. The first kappa shape index (κ1) is 22.3. The van der Waals surface area contributed by atoms with Crippen LogP contribution in [0.4, 0.5) is 23.2 Å². The molecule has 3 aromatic carbocycles. The van der Waals surface area contributed by atoms with Gasteiger partial charge >= 0.3 is 6.18 Å². The minimum atomic E-state index is -4.74. The lowest BCUT2D eigenvalue weighted by Gasteiger charge is -2.15. The number of benzene rings is 3. The van der Waals surface area contributed by atoms with Crippen molar-refractivity contribution in [3.05, 3.63) is 114 Å². The van der Waals surface area contributed by atoms with Crippen molar-refractivity contribution >= 4 is 17.1 Å². The average Bonchev–Trinajstić information content (AvgIpc) is 3.29. The molecule has 174 valence electrons. The molecular weight excluding hydrogens is 458 g/mol. The Morgan fingerprint density at radius 3 is 2.31 bits per heavy atom. The fourth-order valence-corrected chi connectivity index (χ4v) is 3.95. The minimum Gasteiger partial charge on any atom is -0.322 e. The quantitative estimate of drug-likeness (QED) is 0.283. The van der Waals surface area contributed by atoms with Gasteiger partial charge in [-0.1, -0.05) is 42.5 Å². The van der Waals surface area contributed by atoms with E-state index in [9.17, 15) is 22.4 Å². The van der Waals surface area contributed by atoms with Gasteiger partial charge in [-0.25, -0.2) is 9.37 Å². The third kappa shape index (κ3) is 4.38. The highest BCUT2D eigenvalue weighted by atomic mass is 19.4. The molecule has 8 heteroatoms. The van der Waals surface area contributed by atoms with Crippen molar-refractivity contribution in [3.8, 4) is 22.5 Å². The molecule has 0 aliphatic rings. The number of amides is 1. The van der Waals surface area contributed by atoms with Gasteiger partial charge in [0, 0.05) is 23.0 Å². The molecule has 4 nitrogen and oxygen atoms in total. The van der Waals surface area contributed by atoms with Crippen molar-refractivity contribution in [3.63, 3.8) is 0 Å². The van der Waals surface area contributed by atoms with Crippen LogP contribution >= 0.6 is 0 Å². The summed E-state index contributed by atoms with van der Waals surface area (Å²) in [6.45, 7) is 0. The largest absolute Gasteiger partial charge is 0.417 e. The van der Waals surface area contributed by atoms with E-state index in [0.29, 0.717) is 22.5 Å². The topological polar surface area (TPSA) is 46.4 Å². The molecule has 0 aliphatic carbocycles. The van der Waals surface area contributed by atoms with Crippen LogP contribution in [0.1, 0.15) is 15.9 Å². The van der Waals surface area contributed by atoms with Gasteiger partial charge in [0.2, 0.25) is 0 Å². The van der Waals surface area contributed by atoms with Gasteiger partial charge in [-0.2, -0.15) is 13.2 Å². The summed E-state index contributed by atoms with van der Waals surface area (Å²) in [6.07, 6.45) is -1.27. The summed E-state index contributed by atoms with van der Waals surface area (Å²) in [5.74, 6) is -0.787. The number of imidazole rings is 1. The Morgan fingerprint density at radius 2 is 1.60 bits per heavy atom. The number of nitrogens with one attached hydrogen (secondary N) is 1. The second-order valence-electron chi connectivity index (χ2n) is 7.84. The fourth-order valence-electron chi connectivity index (χ4n) is 3.95. The summed E-state index contributed by atoms with van der Waals surface area (Å²) in [7, 11) is 0. The summed E-state index contributed by atoms with van der Waals surface area (Å²) in [5.41, 5.74) is 1.18. The Kier molecular flexibility index (Phi) is 5.56. The number of nitrogens with zero attached hydrogens (tertiary/aromatic N) is 2. The lowest BCUT2D eigenvalue weighted by atomic mass is 9.98. The first-order valence-corrected chi connectivity index (χ1v) is 10.6. The standard InChI is InChI=1S/C27H17F4N3O/c28-19-9-11-20(12-10-19)33-26(35)22-15-18(8-13-23(22)27(29,30)31)21-7-4-14-34-24(21)16-32-25(34)17-5-2-1-3-6-17/h1-16H,(H,33,35). The monoisotopic (exact) mass is 475 g/mol. The molecule has 0 unspecified atom stereocenters. The van der Waals surface area contributed by atoms with Crippen molar-refractivity contribution in [2.24, 2.45) is 0 Å². The van der Waals surface area contributed by atoms with E-state index < -0.39 is 29.0 Å². The second-order valence-corrected chi connectivity index (χ2v) is 7.84. The summed E-state index contributed by atoms with van der Waals surface area (Å²) in [5, 5.41) is 2.42. The molecule has 0 fully saturated rings. The Labute approximate surface area is 197 Å². The number of carbonyl (C=O) groups excluding carboxylic acids is 1. The zero-order valence-corrected chi connectivity index (χ0v) is 18.1. The first-order valence-electron chi connectivity index (χ1n) is 10.6. The molecule has 0 aliphatic heterocycles. The van der Waals surface area contributed by atoms with E-state index in [1.165, 1.54) is 24.3 Å². The smallest absolute Gasteiger partial charge is 0.322 e. The highest BCUT2D eigenvalue weighted by molar-refractivity contribution is 6.06. The van der Waals surface area contributed by atoms with Gasteiger partial charge in [-0.05, 0) is 48.0 Å². The number of halogens is 4. The normalized spacial score (nSPS) is 11.5. The van der Waals surface area contributed by atoms with Gasteiger partial charge < -0.3 is 5.32 Å². The number of carbonyl (C=O) groups is 1. The van der Waals surface area contributed by atoms with Crippen molar-refractivity contribution in [2.45, 2.75) is 6.18 Å². The SMILES string of the molecule is O=C(Nc1ccc(F)cc1)c1cc(-c2cccn3c(-c4ccccc4)ncc23)ccc1C(F)(F)F. The molecular formula is C27H17F4N3O. The number of hydrogen-bond donors (Lipinski definition) is 1.